The van der Waals surface area contributed by atoms with E-state index in [4.69, 9.17) is 14.6 Å². The first-order chi connectivity index (χ1) is 13.4. The quantitative estimate of drug-likeness (QED) is 0.309. The van der Waals surface area contributed by atoms with Crippen LogP contribution >= 0.6 is 11.3 Å². The van der Waals surface area contributed by atoms with E-state index in [9.17, 15) is 14.7 Å². The SMILES string of the molecule is COCCOC(=O)c1sc2ncnc(Nc3ccc(O)c(C(=O)O)c3)c2c1C. The third-order valence-corrected chi connectivity index (χ3v) is 5.10. The zero-order chi connectivity index (χ0) is 20.3. The van der Waals surface area contributed by atoms with Crippen LogP contribution in [0.5, 0.6) is 5.75 Å². The molecule has 10 heteroatoms. The number of benzene rings is 1. The second kappa shape index (κ2) is 8.19. The van der Waals surface area contributed by atoms with Crippen LogP contribution in [0.15, 0.2) is 24.5 Å². The van der Waals surface area contributed by atoms with Crippen LogP contribution in [0.3, 0.4) is 0 Å². The van der Waals surface area contributed by atoms with Gasteiger partial charge >= 0.3 is 11.9 Å². The van der Waals surface area contributed by atoms with Gasteiger partial charge in [0.1, 0.15) is 39.8 Å². The Labute approximate surface area is 163 Å². The molecule has 2 aromatic heterocycles. The Kier molecular flexibility index (Phi) is 5.71. The number of anilines is 2. The number of aryl methyl sites for hydroxylation is 1. The van der Waals surface area contributed by atoms with Crippen molar-refractivity contribution in [1.82, 2.24) is 9.97 Å². The van der Waals surface area contributed by atoms with Crippen LogP contribution in [-0.2, 0) is 9.47 Å². The van der Waals surface area contributed by atoms with Gasteiger partial charge in [0, 0.05) is 12.8 Å². The number of aromatic hydroxyl groups is 1. The smallest absolute Gasteiger partial charge is 0.348 e. The van der Waals surface area contributed by atoms with Crippen molar-refractivity contribution in [3.8, 4) is 5.75 Å². The molecule has 0 fully saturated rings. The fourth-order valence-corrected chi connectivity index (χ4v) is 3.61. The van der Waals surface area contributed by atoms with Gasteiger partial charge in [0.05, 0.1) is 12.0 Å². The van der Waals surface area contributed by atoms with E-state index >= 15 is 0 Å². The number of methoxy groups -OCH3 is 1. The second-order valence-corrected chi connectivity index (χ2v) is 6.75. The van der Waals surface area contributed by atoms with Gasteiger partial charge in [0.25, 0.3) is 0 Å². The molecule has 0 saturated carbocycles. The summed E-state index contributed by atoms with van der Waals surface area (Å²) in [5.41, 5.74) is 0.840. The standard InChI is InChI=1S/C18H17N3O6S/c1-9-13-15(21-10-3-4-12(22)11(7-10)17(23)24)19-8-20-16(13)28-14(9)18(25)27-6-5-26-2/h3-4,7-8,22H,5-6H2,1-2H3,(H,23,24)(H,19,20,21). The maximum Gasteiger partial charge on any atom is 0.348 e. The lowest BCUT2D eigenvalue weighted by Gasteiger charge is -2.09. The molecule has 0 spiro atoms. The summed E-state index contributed by atoms with van der Waals surface area (Å²) < 4.78 is 10.0. The zero-order valence-electron chi connectivity index (χ0n) is 15.1. The van der Waals surface area contributed by atoms with Crippen molar-refractivity contribution in [2.75, 3.05) is 25.6 Å². The van der Waals surface area contributed by atoms with Crippen molar-refractivity contribution in [2.24, 2.45) is 0 Å². The number of carboxylic acids is 1. The van der Waals surface area contributed by atoms with Crippen LogP contribution in [0, 0.1) is 6.92 Å². The highest BCUT2D eigenvalue weighted by Gasteiger charge is 2.21. The summed E-state index contributed by atoms with van der Waals surface area (Å²) in [7, 11) is 1.52. The molecular weight excluding hydrogens is 386 g/mol. The number of hydrogen-bond donors (Lipinski definition) is 3. The number of fused-ring (bicyclic) bond motifs is 1. The van der Waals surface area contributed by atoms with Gasteiger partial charge in [-0.25, -0.2) is 19.6 Å². The number of thiophene rings is 1. The van der Waals surface area contributed by atoms with Gasteiger partial charge in [-0.2, -0.15) is 0 Å². The van der Waals surface area contributed by atoms with E-state index in [-0.39, 0.29) is 17.9 Å². The summed E-state index contributed by atoms with van der Waals surface area (Å²) in [6, 6.07) is 4.10. The minimum absolute atomic E-state index is 0.144. The van der Waals surface area contributed by atoms with Gasteiger partial charge < -0.3 is 25.0 Å². The molecule has 3 aromatic rings. The summed E-state index contributed by atoms with van der Waals surface area (Å²) in [5, 5.41) is 22.5. The van der Waals surface area contributed by atoms with E-state index in [1.54, 1.807) is 6.92 Å². The molecule has 0 aliphatic heterocycles. The average Bonchev–Trinajstić information content (AvgIpc) is 3.01. The number of nitrogens with one attached hydrogen (secondary N) is 1. The molecule has 0 amide bonds. The lowest BCUT2D eigenvalue weighted by molar-refractivity contribution is 0.0392. The molecule has 3 rings (SSSR count). The number of carbonyl (C=O) groups excluding carboxylic acids is 1. The number of carbonyl (C=O) groups is 2. The number of hydrogen-bond acceptors (Lipinski definition) is 9. The van der Waals surface area contributed by atoms with Crippen molar-refractivity contribution in [3.63, 3.8) is 0 Å². The summed E-state index contributed by atoms with van der Waals surface area (Å²) in [6.45, 7) is 2.21. The maximum atomic E-state index is 12.3. The fraction of sp³-hybridized carbons (Fsp3) is 0.222. The van der Waals surface area contributed by atoms with Crippen LogP contribution in [0.4, 0.5) is 11.5 Å². The number of nitrogens with zero attached hydrogens (tertiary/aromatic N) is 2. The van der Waals surface area contributed by atoms with Crippen molar-refractivity contribution in [1.29, 1.82) is 0 Å². The molecule has 0 atom stereocenters. The third-order valence-electron chi connectivity index (χ3n) is 3.92. The zero-order valence-corrected chi connectivity index (χ0v) is 15.9. The van der Waals surface area contributed by atoms with Gasteiger partial charge in [-0.05, 0) is 30.7 Å². The Morgan fingerprint density at radius 3 is 2.75 bits per heavy atom. The molecule has 3 N–H and O–H groups in total. The van der Waals surface area contributed by atoms with Gasteiger partial charge in [0.15, 0.2) is 0 Å². The predicted molar refractivity (Wildman–Crippen MR) is 103 cm³/mol. The molecule has 0 unspecified atom stereocenters. The number of aromatic carboxylic acids is 1. The van der Waals surface area contributed by atoms with Gasteiger partial charge in [-0.15, -0.1) is 11.3 Å². The summed E-state index contributed by atoms with van der Waals surface area (Å²) in [5.74, 6) is -1.64. The summed E-state index contributed by atoms with van der Waals surface area (Å²) >= 11 is 1.18. The third kappa shape index (κ3) is 3.87. The minimum atomic E-state index is -1.25. The number of esters is 1. The van der Waals surface area contributed by atoms with E-state index in [2.05, 4.69) is 15.3 Å². The highest BCUT2D eigenvalue weighted by Crippen LogP contribution is 2.35. The second-order valence-electron chi connectivity index (χ2n) is 5.75. The lowest BCUT2D eigenvalue weighted by atomic mass is 10.1. The Morgan fingerprint density at radius 2 is 2.04 bits per heavy atom. The normalized spacial score (nSPS) is 10.8. The lowest BCUT2D eigenvalue weighted by Crippen LogP contribution is -2.09. The molecule has 2 heterocycles. The highest BCUT2D eigenvalue weighted by atomic mass is 32.1. The number of phenols is 1. The van der Waals surface area contributed by atoms with Crippen molar-refractivity contribution >= 4 is 45.0 Å². The highest BCUT2D eigenvalue weighted by molar-refractivity contribution is 7.20. The number of carboxylic acid groups (broad SMARTS) is 1. The van der Waals surface area contributed by atoms with Crippen LogP contribution in [0.1, 0.15) is 25.6 Å². The molecular formula is C18H17N3O6S. The molecule has 9 nitrogen and oxygen atoms in total. The molecule has 1 aromatic carbocycles. The van der Waals surface area contributed by atoms with Crippen LogP contribution < -0.4 is 5.32 Å². The first-order valence-electron chi connectivity index (χ1n) is 8.16. The van der Waals surface area contributed by atoms with E-state index in [1.807, 2.05) is 0 Å². The monoisotopic (exact) mass is 403 g/mol. The van der Waals surface area contributed by atoms with E-state index in [0.717, 1.165) is 0 Å². The fourth-order valence-electron chi connectivity index (χ4n) is 2.57. The summed E-state index contributed by atoms with van der Waals surface area (Å²) in [4.78, 5) is 32.9. The Bertz CT molecular complexity index is 1050. The number of ether oxygens (including phenoxy) is 2. The largest absolute Gasteiger partial charge is 0.507 e. The van der Waals surface area contributed by atoms with Crippen LogP contribution in [0.25, 0.3) is 10.2 Å². The van der Waals surface area contributed by atoms with Crippen LogP contribution in [-0.4, -0.2) is 52.4 Å². The van der Waals surface area contributed by atoms with Gasteiger partial charge in [-0.1, -0.05) is 0 Å². The van der Waals surface area contributed by atoms with Gasteiger partial charge in [-0.3, -0.25) is 0 Å². The minimum Gasteiger partial charge on any atom is -0.507 e. The van der Waals surface area contributed by atoms with E-state index in [0.29, 0.717) is 38.8 Å². The predicted octanol–water partition coefficient (Wildman–Crippen LogP) is 2.95. The first kappa shape index (κ1) is 19.5. The molecule has 0 bridgehead atoms. The van der Waals surface area contributed by atoms with Crippen molar-refractivity contribution in [2.45, 2.75) is 6.92 Å². The Balaban J connectivity index is 1.96. The molecule has 0 aliphatic rings. The molecule has 28 heavy (non-hydrogen) atoms. The summed E-state index contributed by atoms with van der Waals surface area (Å²) in [6.07, 6.45) is 1.35. The number of aromatic nitrogens is 2. The maximum absolute atomic E-state index is 12.3. The van der Waals surface area contributed by atoms with E-state index in [1.165, 1.54) is 43.0 Å². The Morgan fingerprint density at radius 1 is 1.25 bits per heavy atom. The topological polar surface area (TPSA) is 131 Å². The molecule has 0 radical (unpaired) electrons. The number of rotatable bonds is 7. The first-order valence-corrected chi connectivity index (χ1v) is 8.97. The van der Waals surface area contributed by atoms with Crippen LogP contribution in [0.2, 0.25) is 0 Å². The van der Waals surface area contributed by atoms with Crippen molar-refractivity contribution in [3.05, 3.63) is 40.5 Å². The molecule has 146 valence electrons. The average molecular weight is 403 g/mol. The molecule has 0 saturated heterocycles. The van der Waals surface area contributed by atoms with E-state index < -0.39 is 11.9 Å². The van der Waals surface area contributed by atoms with Crippen molar-refractivity contribution < 1.29 is 29.3 Å². The Hall–Kier alpha value is -3.24. The van der Waals surface area contributed by atoms with Gasteiger partial charge in [0.2, 0.25) is 0 Å². The molecule has 0 aliphatic carbocycles.